The smallest absolute Gasteiger partial charge is 0.186 e. The average Bonchev–Trinajstić information content (AvgIpc) is 2.97. The minimum Gasteiger partial charge on any atom is -0.380 e. The van der Waals surface area contributed by atoms with Crippen molar-refractivity contribution in [3.8, 4) is 21.8 Å². The van der Waals surface area contributed by atoms with Gasteiger partial charge in [-0.2, -0.15) is 0 Å². The van der Waals surface area contributed by atoms with E-state index < -0.39 is 0 Å². The van der Waals surface area contributed by atoms with E-state index in [1.165, 1.54) is 0 Å². The highest BCUT2D eigenvalue weighted by Gasteiger charge is 2.18. The van der Waals surface area contributed by atoms with E-state index >= 15 is 0 Å². The lowest BCUT2D eigenvalue weighted by Crippen LogP contribution is -1.88. The highest BCUT2D eigenvalue weighted by atomic mass is 79.9. The molecule has 0 atom stereocenters. The Morgan fingerprint density at radius 1 is 1.16 bits per heavy atom. The van der Waals surface area contributed by atoms with Crippen molar-refractivity contribution in [1.82, 2.24) is 5.16 Å². The quantitative estimate of drug-likeness (QED) is 0.698. The van der Waals surface area contributed by atoms with Gasteiger partial charge in [-0.05, 0) is 45.8 Å². The van der Waals surface area contributed by atoms with E-state index in [9.17, 15) is 0 Å². The molecule has 3 nitrogen and oxygen atoms in total. The maximum absolute atomic E-state index is 5.91. The number of nitrogens with two attached hydrogens (primary N) is 1. The van der Waals surface area contributed by atoms with Gasteiger partial charge in [0.05, 0.1) is 14.2 Å². The molecule has 0 amide bonds. The molecule has 2 heterocycles. The first-order valence-electron chi connectivity index (χ1n) is 5.42. The van der Waals surface area contributed by atoms with E-state index in [4.69, 9.17) is 21.9 Å². The minimum atomic E-state index is 0.377. The lowest BCUT2D eigenvalue weighted by atomic mass is 10.1. The van der Waals surface area contributed by atoms with E-state index in [1.807, 2.05) is 36.4 Å². The fraction of sp³-hybridized carbons (Fsp3) is 0. The number of benzene rings is 1. The molecule has 0 saturated heterocycles. The Kier molecular flexibility index (Phi) is 3.35. The van der Waals surface area contributed by atoms with Gasteiger partial charge in [0.25, 0.3) is 0 Å². The maximum Gasteiger partial charge on any atom is 0.186 e. The number of halogens is 2. The van der Waals surface area contributed by atoms with Gasteiger partial charge in [0, 0.05) is 5.02 Å². The molecule has 3 rings (SSSR count). The zero-order valence-corrected chi connectivity index (χ0v) is 12.7. The highest BCUT2D eigenvalue weighted by molar-refractivity contribution is 9.11. The van der Waals surface area contributed by atoms with Gasteiger partial charge in [-0.1, -0.05) is 28.9 Å². The molecule has 0 saturated carbocycles. The molecule has 0 bridgehead atoms. The number of nitrogens with zero attached hydrogens (tertiary/aromatic N) is 1. The summed E-state index contributed by atoms with van der Waals surface area (Å²) in [5.41, 5.74) is 7.64. The number of hydrogen-bond donors (Lipinski definition) is 1. The van der Waals surface area contributed by atoms with Gasteiger partial charge in [-0.25, -0.2) is 0 Å². The molecule has 0 aliphatic heterocycles. The van der Waals surface area contributed by atoms with Crippen LogP contribution in [-0.2, 0) is 0 Å². The summed E-state index contributed by atoms with van der Waals surface area (Å²) in [4.78, 5) is 0.973. The van der Waals surface area contributed by atoms with Crippen LogP contribution < -0.4 is 5.73 Å². The lowest BCUT2D eigenvalue weighted by Gasteiger charge is -2.01. The number of rotatable bonds is 2. The molecule has 0 fully saturated rings. The van der Waals surface area contributed by atoms with Gasteiger partial charge < -0.3 is 10.3 Å². The third kappa shape index (κ3) is 2.41. The Hall–Kier alpha value is -1.30. The van der Waals surface area contributed by atoms with Crippen LogP contribution in [0.15, 0.2) is 44.7 Å². The first-order chi connectivity index (χ1) is 9.15. The molecule has 0 radical (unpaired) electrons. The van der Waals surface area contributed by atoms with Gasteiger partial charge >= 0.3 is 0 Å². The summed E-state index contributed by atoms with van der Waals surface area (Å²) in [7, 11) is 0. The largest absolute Gasteiger partial charge is 0.380 e. The molecule has 19 heavy (non-hydrogen) atoms. The van der Waals surface area contributed by atoms with Crippen LogP contribution in [0.2, 0.25) is 5.02 Å². The molecule has 2 N–H and O–H groups in total. The van der Waals surface area contributed by atoms with Crippen LogP contribution in [0.3, 0.4) is 0 Å². The summed E-state index contributed by atoms with van der Waals surface area (Å²) in [5.74, 6) is 1.05. The second-order valence-corrected chi connectivity index (χ2v) is 6.78. The van der Waals surface area contributed by atoms with Gasteiger partial charge in [-0.15, -0.1) is 11.3 Å². The zero-order chi connectivity index (χ0) is 13.4. The molecule has 6 heteroatoms. The summed E-state index contributed by atoms with van der Waals surface area (Å²) < 4.78 is 6.39. The fourth-order valence-electron chi connectivity index (χ4n) is 1.80. The number of anilines is 1. The van der Waals surface area contributed by atoms with Gasteiger partial charge in [-0.3, -0.25) is 0 Å². The van der Waals surface area contributed by atoms with E-state index in [0.717, 1.165) is 19.8 Å². The molecule has 96 valence electrons. The SMILES string of the molecule is Nc1noc(-c2ccc(Br)s2)c1-c1ccc(Cl)cc1. The molecule has 0 spiro atoms. The monoisotopic (exact) mass is 354 g/mol. The van der Waals surface area contributed by atoms with Crippen LogP contribution in [0, 0.1) is 0 Å². The Morgan fingerprint density at radius 3 is 2.53 bits per heavy atom. The molecule has 3 aromatic rings. The summed E-state index contributed by atoms with van der Waals surface area (Å²) in [5, 5.41) is 4.54. The van der Waals surface area contributed by atoms with Crippen molar-refractivity contribution in [3.63, 3.8) is 0 Å². The van der Waals surface area contributed by atoms with E-state index in [-0.39, 0.29) is 0 Å². The van der Waals surface area contributed by atoms with E-state index in [2.05, 4.69) is 21.1 Å². The standard InChI is InChI=1S/C13H8BrClN2OS/c14-10-6-5-9(19-10)12-11(13(16)17-18-12)7-1-3-8(15)4-2-7/h1-6H,(H2,16,17). The minimum absolute atomic E-state index is 0.377. The van der Waals surface area contributed by atoms with Crippen molar-refractivity contribution in [2.45, 2.75) is 0 Å². The maximum atomic E-state index is 5.91. The summed E-state index contributed by atoms with van der Waals surface area (Å²) in [6.07, 6.45) is 0. The number of aromatic nitrogens is 1. The van der Waals surface area contributed by atoms with Crippen molar-refractivity contribution < 1.29 is 4.52 Å². The van der Waals surface area contributed by atoms with Crippen molar-refractivity contribution >= 4 is 44.7 Å². The zero-order valence-electron chi connectivity index (χ0n) is 9.56. The average molecular weight is 356 g/mol. The van der Waals surface area contributed by atoms with E-state index in [0.29, 0.717) is 16.6 Å². The number of nitrogen functional groups attached to an aromatic ring is 1. The predicted octanol–water partition coefficient (Wildman–Crippen LogP) is 5.07. The van der Waals surface area contributed by atoms with Crippen molar-refractivity contribution in [3.05, 3.63) is 45.2 Å². The van der Waals surface area contributed by atoms with E-state index in [1.54, 1.807) is 11.3 Å². The number of hydrogen-bond acceptors (Lipinski definition) is 4. The van der Waals surface area contributed by atoms with Crippen molar-refractivity contribution in [1.29, 1.82) is 0 Å². The summed E-state index contributed by atoms with van der Waals surface area (Å²) in [6.45, 7) is 0. The molecule has 2 aromatic heterocycles. The Morgan fingerprint density at radius 2 is 1.89 bits per heavy atom. The number of thiophene rings is 1. The first-order valence-corrected chi connectivity index (χ1v) is 7.40. The third-order valence-corrected chi connectivity index (χ3v) is 4.52. The van der Waals surface area contributed by atoms with Crippen molar-refractivity contribution in [2.75, 3.05) is 5.73 Å². The van der Waals surface area contributed by atoms with Crippen LogP contribution in [0.4, 0.5) is 5.82 Å². The van der Waals surface area contributed by atoms with Crippen LogP contribution in [0.25, 0.3) is 21.8 Å². The first kappa shape index (κ1) is 12.7. The van der Waals surface area contributed by atoms with Gasteiger partial charge in [0.2, 0.25) is 0 Å². The Labute approximate surface area is 127 Å². The van der Waals surface area contributed by atoms with Crippen molar-refractivity contribution in [2.24, 2.45) is 0 Å². The molecule has 0 aliphatic rings. The summed E-state index contributed by atoms with van der Waals surface area (Å²) >= 11 is 10.9. The van der Waals surface area contributed by atoms with Crippen LogP contribution in [0.5, 0.6) is 0 Å². The Balaban J connectivity index is 2.16. The summed E-state index contributed by atoms with van der Waals surface area (Å²) in [6, 6.07) is 11.4. The second kappa shape index (κ2) is 5.00. The molecule has 0 aliphatic carbocycles. The second-order valence-electron chi connectivity index (χ2n) is 3.88. The Bertz CT molecular complexity index is 721. The normalized spacial score (nSPS) is 10.8. The molecular formula is C13H8BrClN2OS. The molecule has 0 unspecified atom stereocenters. The van der Waals surface area contributed by atoms with Crippen LogP contribution in [0.1, 0.15) is 0 Å². The molecular weight excluding hydrogens is 348 g/mol. The predicted molar refractivity (Wildman–Crippen MR) is 82.4 cm³/mol. The molecule has 1 aromatic carbocycles. The lowest BCUT2D eigenvalue weighted by molar-refractivity contribution is 0.437. The van der Waals surface area contributed by atoms with Crippen LogP contribution in [-0.4, -0.2) is 5.16 Å². The highest BCUT2D eigenvalue weighted by Crippen LogP contribution is 2.40. The van der Waals surface area contributed by atoms with Gasteiger partial charge in [0.15, 0.2) is 11.6 Å². The third-order valence-electron chi connectivity index (χ3n) is 2.65. The van der Waals surface area contributed by atoms with Crippen LogP contribution >= 0.6 is 38.9 Å². The topological polar surface area (TPSA) is 52.0 Å². The van der Waals surface area contributed by atoms with Gasteiger partial charge in [0.1, 0.15) is 0 Å². The fourth-order valence-corrected chi connectivity index (χ4v) is 3.30.